The molecule has 46 heavy (non-hydrogen) atoms. The second-order valence-electron chi connectivity index (χ2n) is 22.8. The minimum absolute atomic E-state index is 0. The predicted molar refractivity (Wildman–Crippen MR) is 226 cm³/mol. The lowest BCUT2D eigenvalue weighted by Gasteiger charge is -2.34. The van der Waals surface area contributed by atoms with Gasteiger partial charge >= 0.3 is 0 Å². The minimum Gasteiger partial charge on any atom is -0.0654 e. The second kappa shape index (κ2) is 25.9. The van der Waals surface area contributed by atoms with Gasteiger partial charge in [0.2, 0.25) is 0 Å². The fourth-order valence-electron chi connectivity index (χ4n) is 3.29. The quantitative estimate of drug-likeness (QED) is 0.276. The highest BCUT2D eigenvalue weighted by molar-refractivity contribution is 4.77. The van der Waals surface area contributed by atoms with E-state index in [2.05, 4.69) is 201 Å². The smallest absolute Gasteiger partial charge is 0 e. The molecule has 0 radical (unpaired) electrons. The summed E-state index contributed by atoms with van der Waals surface area (Å²) >= 11 is 0. The first kappa shape index (κ1) is 58.2. The molecule has 0 aromatic carbocycles. The highest BCUT2D eigenvalue weighted by atomic mass is 14.3. The summed E-state index contributed by atoms with van der Waals surface area (Å²) in [6.07, 6.45) is 9.34. The molecule has 0 saturated heterocycles. The van der Waals surface area contributed by atoms with Crippen LogP contribution in [-0.4, -0.2) is 0 Å². The molecule has 0 saturated carbocycles. The monoisotopic (exact) mass is 659 g/mol. The van der Waals surface area contributed by atoms with Crippen molar-refractivity contribution in [3.63, 3.8) is 0 Å². The van der Waals surface area contributed by atoms with Crippen molar-refractivity contribution in [3.8, 4) is 0 Å². The molecule has 1 atom stereocenters. The number of hydrogen-bond acceptors (Lipinski definition) is 0. The number of unbranched alkanes of at least 4 members (excludes halogenated alkanes) is 1. The van der Waals surface area contributed by atoms with Crippen LogP contribution in [0.2, 0.25) is 0 Å². The summed E-state index contributed by atoms with van der Waals surface area (Å²) < 4.78 is 0. The first-order chi connectivity index (χ1) is 19.7. The molecule has 0 fully saturated rings. The van der Waals surface area contributed by atoms with Crippen molar-refractivity contribution in [2.45, 2.75) is 246 Å². The Morgan fingerprint density at radius 3 is 0.739 bits per heavy atom. The van der Waals surface area contributed by atoms with Crippen molar-refractivity contribution < 1.29 is 1.43 Å². The molecule has 0 amide bonds. The van der Waals surface area contributed by atoms with Gasteiger partial charge in [-0.05, 0) is 74.9 Å². The molecular formula is C46H106. The van der Waals surface area contributed by atoms with Gasteiger partial charge in [0.05, 0.1) is 0 Å². The summed E-state index contributed by atoms with van der Waals surface area (Å²) in [7, 11) is 0. The zero-order chi connectivity index (χ0) is 39.2. The Balaban J connectivity index is -0.0000000814. The van der Waals surface area contributed by atoms with Crippen LogP contribution in [0.3, 0.4) is 0 Å². The maximum absolute atomic E-state index is 2.31. The average molecular weight is 659 g/mol. The summed E-state index contributed by atoms with van der Waals surface area (Å²) in [5.74, 6) is 2.49. The number of hydrogen-bond donors (Lipinski definition) is 0. The normalized spacial score (nSPS) is 13.4. The van der Waals surface area contributed by atoms with Crippen LogP contribution in [0.25, 0.3) is 0 Å². The Kier molecular flexibility index (Phi) is 32.8. The maximum atomic E-state index is 2.31. The van der Waals surface area contributed by atoms with Gasteiger partial charge in [-0.1, -0.05) is 226 Å². The lowest BCUT2D eigenvalue weighted by Crippen LogP contribution is -2.25. The van der Waals surface area contributed by atoms with Crippen LogP contribution in [0.1, 0.15) is 247 Å². The fourth-order valence-corrected chi connectivity index (χ4v) is 3.29. The fraction of sp³-hybridized carbons (Fsp3) is 1.00. The average Bonchev–Trinajstić information content (AvgIpc) is 2.73. The lowest BCUT2D eigenvalue weighted by molar-refractivity contribution is 0.157. The van der Waals surface area contributed by atoms with Crippen LogP contribution in [0.5, 0.6) is 0 Å². The van der Waals surface area contributed by atoms with E-state index < -0.39 is 0 Å². The van der Waals surface area contributed by atoms with Gasteiger partial charge in [0.25, 0.3) is 0 Å². The Bertz CT molecular complexity index is 604. The SMILES string of the molecule is CC(C)(C)C(C)(C)C.CC(C)C(C)(C)C.CC(C)CC(C)(C)C.CCC(C)C(C)(C)C.CCCC(C)(C)C.CCCCC(C)(C)C.[HH]. The van der Waals surface area contributed by atoms with Crippen molar-refractivity contribution in [1.82, 2.24) is 0 Å². The summed E-state index contributed by atoms with van der Waals surface area (Å²) in [5, 5.41) is 0. The van der Waals surface area contributed by atoms with Crippen LogP contribution in [0, 0.1) is 55.7 Å². The van der Waals surface area contributed by atoms with E-state index in [-0.39, 0.29) is 1.43 Å². The topological polar surface area (TPSA) is 0 Å². The van der Waals surface area contributed by atoms with Crippen molar-refractivity contribution in [2.75, 3.05) is 0 Å². The standard InChI is InChI=1S/4C8H18.2C7H16.H2/c1-7(2)6-8(3,4)5;1-7(2,3)8(4,5)6;1-6-7(2)8(3,4)5;1-5-6-7-8(2,3)4;1-6(2)7(3,4)5;1-5-6-7(2,3)4;/h7H,6H2,1-5H3;1-6H3;7H,6H2,1-5H3;5-7H2,1-4H3;6H,1-5H3;5-6H2,1-4H3;1H. The van der Waals surface area contributed by atoms with Crippen LogP contribution in [0.15, 0.2) is 0 Å². The van der Waals surface area contributed by atoms with E-state index in [4.69, 9.17) is 0 Å². The first-order valence-corrected chi connectivity index (χ1v) is 19.7. The van der Waals surface area contributed by atoms with E-state index >= 15 is 0 Å². The molecular weight excluding hydrogens is 553 g/mol. The molecule has 1 unspecified atom stereocenters. The molecule has 0 aliphatic rings. The molecule has 0 rings (SSSR count). The van der Waals surface area contributed by atoms with Crippen molar-refractivity contribution >= 4 is 0 Å². The predicted octanol–water partition coefficient (Wildman–Crippen LogP) is 18.2. The molecule has 0 nitrogen and oxygen atoms in total. The van der Waals surface area contributed by atoms with Crippen LogP contribution >= 0.6 is 0 Å². The van der Waals surface area contributed by atoms with E-state index in [1.54, 1.807) is 0 Å². The lowest BCUT2D eigenvalue weighted by atomic mass is 9.71. The number of rotatable bonds is 5. The summed E-state index contributed by atoms with van der Waals surface area (Å²) in [6, 6.07) is 0. The van der Waals surface area contributed by atoms with Gasteiger partial charge in [0.15, 0.2) is 0 Å². The van der Waals surface area contributed by atoms with Gasteiger partial charge in [-0.15, -0.1) is 0 Å². The van der Waals surface area contributed by atoms with E-state index in [1.807, 2.05) is 0 Å². The molecule has 0 heteroatoms. The van der Waals surface area contributed by atoms with Gasteiger partial charge in [-0.3, -0.25) is 0 Å². The molecule has 0 heterocycles. The molecule has 0 N–H and O–H groups in total. The van der Waals surface area contributed by atoms with E-state index in [9.17, 15) is 0 Å². The summed E-state index contributed by atoms with van der Waals surface area (Å²) in [6.45, 7) is 65.9. The van der Waals surface area contributed by atoms with E-state index in [0.29, 0.717) is 37.9 Å². The third-order valence-electron chi connectivity index (χ3n) is 9.37. The molecule has 0 aromatic heterocycles. The van der Waals surface area contributed by atoms with Crippen LogP contribution in [-0.2, 0) is 0 Å². The molecule has 0 aromatic rings. The van der Waals surface area contributed by atoms with Gasteiger partial charge in [0.1, 0.15) is 0 Å². The highest BCUT2D eigenvalue weighted by Crippen LogP contribution is 2.36. The second-order valence-corrected chi connectivity index (χ2v) is 22.8. The molecule has 0 bridgehead atoms. The van der Waals surface area contributed by atoms with Crippen molar-refractivity contribution in [3.05, 3.63) is 0 Å². The molecule has 0 spiro atoms. The third kappa shape index (κ3) is 59.4. The largest absolute Gasteiger partial charge is 0.0654 e. The van der Waals surface area contributed by atoms with Crippen LogP contribution in [0.4, 0.5) is 0 Å². The molecule has 0 aliphatic heterocycles. The molecule has 290 valence electrons. The third-order valence-corrected chi connectivity index (χ3v) is 9.37. The first-order valence-electron chi connectivity index (χ1n) is 19.7. The van der Waals surface area contributed by atoms with Crippen LogP contribution < -0.4 is 0 Å². The molecule has 0 aliphatic carbocycles. The van der Waals surface area contributed by atoms with Crippen molar-refractivity contribution in [1.29, 1.82) is 0 Å². The Morgan fingerprint density at radius 1 is 0.413 bits per heavy atom. The Hall–Kier alpha value is 0. The Morgan fingerprint density at radius 2 is 0.717 bits per heavy atom. The maximum Gasteiger partial charge on any atom is 0 e. The van der Waals surface area contributed by atoms with E-state index in [1.165, 1.54) is 44.9 Å². The van der Waals surface area contributed by atoms with E-state index in [0.717, 1.165) is 17.8 Å². The Labute approximate surface area is 302 Å². The van der Waals surface area contributed by atoms with Gasteiger partial charge < -0.3 is 0 Å². The van der Waals surface area contributed by atoms with Crippen molar-refractivity contribution in [2.24, 2.45) is 55.7 Å². The summed E-state index contributed by atoms with van der Waals surface area (Å²) in [5.41, 5.74) is 3.51. The van der Waals surface area contributed by atoms with Gasteiger partial charge in [-0.25, -0.2) is 0 Å². The minimum atomic E-state index is 0. The zero-order valence-electron chi connectivity index (χ0n) is 39.2. The van der Waals surface area contributed by atoms with Gasteiger partial charge in [-0.2, -0.15) is 0 Å². The van der Waals surface area contributed by atoms with Gasteiger partial charge in [0, 0.05) is 1.43 Å². The summed E-state index contributed by atoms with van der Waals surface area (Å²) in [4.78, 5) is 0. The zero-order valence-corrected chi connectivity index (χ0v) is 39.2. The highest BCUT2D eigenvalue weighted by Gasteiger charge is 2.27.